The van der Waals surface area contributed by atoms with Crippen molar-refractivity contribution in [3.05, 3.63) is 58.6 Å². The number of nitrogens with one attached hydrogen (secondary N) is 1. The van der Waals surface area contributed by atoms with Crippen molar-refractivity contribution in [3.63, 3.8) is 0 Å². The van der Waals surface area contributed by atoms with Crippen molar-refractivity contribution in [1.29, 1.82) is 0 Å². The minimum absolute atomic E-state index is 0.109. The topological polar surface area (TPSA) is 58.6 Å². The Morgan fingerprint density at radius 2 is 1.88 bits per heavy atom. The van der Waals surface area contributed by atoms with Crippen LogP contribution in [0.25, 0.3) is 0 Å². The fourth-order valence-electron chi connectivity index (χ4n) is 2.35. The average Bonchev–Trinajstić information content (AvgIpc) is 2.55. The summed E-state index contributed by atoms with van der Waals surface area (Å²) in [6.07, 6.45) is 0. The summed E-state index contributed by atoms with van der Waals surface area (Å²) in [6.45, 7) is 0.259. The van der Waals surface area contributed by atoms with Crippen molar-refractivity contribution in [2.24, 2.45) is 0 Å². The molecule has 0 spiro atoms. The molecule has 0 fully saturated rings. The molecule has 0 radical (unpaired) electrons. The van der Waals surface area contributed by atoms with Crippen molar-refractivity contribution in [3.8, 4) is 5.75 Å². The van der Waals surface area contributed by atoms with E-state index in [0.29, 0.717) is 0 Å². The first-order valence-electron chi connectivity index (χ1n) is 7.39. The maximum absolute atomic E-state index is 12.5. The number of methoxy groups -OCH3 is 1. The second kappa shape index (κ2) is 8.11. The third-order valence-corrected chi connectivity index (χ3v) is 5.59. The highest BCUT2D eigenvalue weighted by Gasteiger charge is 2.20. The molecular formula is C17H21BrN2O3S. The van der Waals surface area contributed by atoms with E-state index in [4.69, 9.17) is 4.74 Å². The van der Waals surface area contributed by atoms with E-state index in [9.17, 15) is 8.42 Å². The zero-order valence-electron chi connectivity index (χ0n) is 13.9. The summed E-state index contributed by atoms with van der Waals surface area (Å²) in [4.78, 5) is 2.21. The molecule has 2 aromatic carbocycles. The highest BCUT2D eigenvalue weighted by atomic mass is 79.9. The van der Waals surface area contributed by atoms with Gasteiger partial charge >= 0.3 is 0 Å². The van der Waals surface area contributed by atoms with Gasteiger partial charge in [-0.3, -0.25) is 0 Å². The molecule has 2 aromatic rings. The Bertz CT molecular complexity index is 794. The van der Waals surface area contributed by atoms with Gasteiger partial charge < -0.3 is 9.64 Å². The normalized spacial score (nSPS) is 13.0. The summed E-state index contributed by atoms with van der Waals surface area (Å²) < 4.78 is 33.6. The van der Waals surface area contributed by atoms with Gasteiger partial charge in [0.05, 0.1) is 12.0 Å². The van der Waals surface area contributed by atoms with Crippen molar-refractivity contribution in [2.45, 2.75) is 10.9 Å². The fourth-order valence-corrected chi connectivity index (χ4v) is 3.99. The van der Waals surface area contributed by atoms with Crippen LogP contribution in [0.4, 0.5) is 0 Å². The summed E-state index contributed by atoms with van der Waals surface area (Å²) in [6, 6.07) is 14.2. The Morgan fingerprint density at radius 1 is 1.17 bits per heavy atom. The molecule has 0 heterocycles. The molecule has 0 aromatic heterocycles. The van der Waals surface area contributed by atoms with E-state index in [1.54, 1.807) is 31.4 Å². The Morgan fingerprint density at radius 3 is 2.50 bits per heavy atom. The molecule has 0 aliphatic carbocycles. The predicted molar refractivity (Wildman–Crippen MR) is 98.8 cm³/mol. The summed E-state index contributed by atoms with van der Waals surface area (Å²) in [5.74, 6) is 0.745. The lowest BCUT2D eigenvalue weighted by molar-refractivity contribution is 0.298. The number of rotatable bonds is 7. The first kappa shape index (κ1) is 18.9. The molecule has 0 amide bonds. The van der Waals surface area contributed by atoms with Crippen LogP contribution in [0.15, 0.2) is 57.9 Å². The number of nitrogens with zero attached hydrogens (tertiary/aromatic N) is 1. The molecular weight excluding hydrogens is 392 g/mol. The van der Waals surface area contributed by atoms with E-state index < -0.39 is 10.0 Å². The van der Waals surface area contributed by atoms with E-state index in [1.165, 1.54) is 0 Å². The van der Waals surface area contributed by atoms with Gasteiger partial charge in [-0.15, -0.1) is 0 Å². The van der Waals surface area contributed by atoms with Crippen LogP contribution in [-0.4, -0.2) is 41.1 Å². The maximum Gasteiger partial charge on any atom is 0.240 e. The number of halogens is 1. The van der Waals surface area contributed by atoms with Gasteiger partial charge in [0, 0.05) is 17.1 Å². The van der Waals surface area contributed by atoms with Crippen LogP contribution in [0.5, 0.6) is 5.75 Å². The third-order valence-electron chi connectivity index (χ3n) is 3.68. The van der Waals surface area contributed by atoms with Gasteiger partial charge in [-0.05, 0) is 50.0 Å². The number of benzene rings is 2. The first-order valence-corrected chi connectivity index (χ1v) is 9.66. The molecule has 0 saturated heterocycles. The van der Waals surface area contributed by atoms with E-state index in [0.717, 1.165) is 15.8 Å². The van der Waals surface area contributed by atoms with Gasteiger partial charge in [-0.25, -0.2) is 13.1 Å². The molecule has 5 nitrogen and oxygen atoms in total. The third kappa shape index (κ3) is 4.80. The van der Waals surface area contributed by atoms with Gasteiger partial charge in [0.2, 0.25) is 10.0 Å². The van der Waals surface area contributed by atoms with Gasteiger partial charge in [-0.2, -0.15) is 0 Å². The number of hydrogen-bond acceptors (Lipinski definition) is 4. The molecule has 0 aliphatic heterocycles. The van der Waals surface area contributed by atoms with Crippen LogP contribution < -0.4 is 9.46 Å². The molecule has 0 aliphatic rings. The van der Waals surface area contributed by atoms with E-state index >= 15 is 0 Å². The molecule has 1 unspecified atom stereocenters. The summed E-state index contributed by atoms with van der Waals surface area (Å²) in [5.41, 5.74) is 0.983. The van der Waals surface area contributed by atoms with Gasteiger partial charge in [0.1, 0.15) is 5.75 Å². The molecule has 7 heteroatoms. The van der Waals surface area contributed by atoms with E-state index in [1.807, 2.05) is 43.3 Å². The zero-order valence-corrected chi connectivity index (χ0v) is 16.3. The van der Waals surface area contributed by atoms with Crippen LogP contribution in [0, 0.1) is 0 Å². The second-order valence-electron chi connectivity index (χ2n) is 5.57. The Hall–Kier alpha value is -1.41. The molecule has 1 N–H and O–H groups in total. The fraction of sp³-hybridized carbons (Fsp3) is 0.294. The standard InChI is InChI=1S/C17H21BrN2O3S/c1-20(2)17(13-6-4-8-15(10-13)23-3)12-19-24(21,22)16-9-5-7-14(18)11-16/h4-11,17,19H,12H2,1-3H3. The summed E-state index contributed by atoms with van der Waals surface area (Å²) >= 11 is 3.30. The van der Waals surface area contributed by atoms with Crippen LogP contribution in [0.1, 0.15) is 11.6 Å². The van der Waals surface area contributed by atoms with E-state index in [-0.39, 0.29) is 17.5 Å². The number of sulfonamides is 1. The van der Waals surface area contributed by atoms with Gasteiger partial charge in [0.15, 0.2) is 0 Å². The average molecular weight is 413 g/mol. The van der Waals surface area contributed by atoms with Gasteiger partial charge in [-0.1, -0.05) is 34.1 Å². The second-order valence-corrected chi connectivity index (χ2v) is 8.25. The minimum Gasteiger partial charge on any atom is -0.497 e. The summed E-state index contributed by atoms with van der Waals surface area (Å²) in [5, 5.41) is 0. The Balaban J connectivity index is 2.19. The van der Waals surface area contributed by atoms with Gasteiger partial charge in [0.25, 0.3) is 0 Å². The predicted octanol–water partition coefficient (Wildman–Crippen LogP) is 3.04. The molecule has 0 saturated carbocycles. The molecule has 2 rings (SSSR count). The lowest BCUT2D eigenvalue weighted by Gasteiger charge is -2.25. The van der Waals surface area contributed by atoms with Crippen LogP contribution in [-0.2, 0) is 10.0 Å². The molecule has 130 valence electrons. The molecule has 24 heavy (non-hydrogen) atoms. The van der Waals surface area contributed by atoms with Crippen molar-refractivity contribution < 1.29 is 13.2 Å². The number of ether oxygens (including phenoxy) is 1. The highest BCUT2D eigenvalue weighted by molar-refractivity contribution is 9.10. The largest absolute Gasteiger partial charge is 0.497 e. The summed E-state index contributed by atoms with van der Waals surface area (Å²) in [7, 11) is 1.87. The maximum atomic E-state index is 12.5. The Labute approximate surface area is 151 Å². The zero-order chi connectivity index (χ0) is 17.7. The highest BCUT2D eigenvalue weighted by Crippen LogP contribution is 2.23. The minimum atomic E-state index is -3.57. The number of hydrogen-bond donors (Lipinski definition) is 1. The molecule has 0 bridgehead atoms. The van der Waals surface area contributed by atoms with E-state index in [2.05, 4.69) is 20.7 Å². The Kier molecular flexibility index (Phi) is 6.40. The van der Waals surface area contributed by atoms with Crippen molar-refractivity contribution in [2.75, 3.05) is 27.7 Å². The quantitative estimate of drug-likeness (QED) is 0.758. The van der Waals surface area contributed by atoms with Crippen LogP contribution in [0.3, 0.4) is 0 Å². The van der Waals surface area contributed by atoms with Crippen molar-refractivity contribution in [1.82, 2.24) is 9.62 Å². The van der Waals surface area contributed by atoms with Crippen LogP contribution in [0.2, 0.25) is 0 Å². The number of likely N-dealkylation sites (N-methyl/N-ethyl adjacent to an activating group) is 1. The van der Waals surface area contributed by atoms with Crippen LogP contribution >= 0.6 is 15.9 Å². The monoisotopic (exact) mass is 412 g/mol. The van der Waals surface area contributed by atoms with Crippen molar-refractivity contribution >= 4 is 26.0 Å². The SMILES string of the molecule is COc1cccc(C(CNS(=O)(=O)c2cccc(Br)c2)N(C)C)c1. The lowest BCUT2D eigenvalue weighted by atomic mass is 10.1. The first-order chi connectivity index (χ1) is 11.3. The lowest BCUT2D eigenvalue weighted by Crippen LogP contribution is -2.34. The smallest absolute Gasteiger partial charge is 0.240 e. The molecule has 1 atom stereocenters.